The van der Waals surface area contributed by atoms with Gasteiger partial charge in [-0.1, -0.05) is 25.4 Å². The van der Waals surface area contributed by atoms with Crippen LogP contribution in [0.25, 0.3) is 0 Å². The summed E-state index contributed by atoms with van der Waals surface area (Å²) in [5, 5.41) is 0.644. The molecule has 20 heavy (non-hydrogen) atoms. The Kier molecular flexibility index (Phi) is 7.41. The Morgan fingerprint density at radius 3 is 2.50 bits per heavy atom. The number of halogens is 1. The number of methoxy groups -OCH3 is 1. The lowest BCUT2D eigenvalue weighted by Crippen LogP contribution is -2.39. The summed E-state index contributed by atoms with van der Waals surface area (Å²) in [5.41, 5.74) is 0. The summed E-state index contributed by atoms with van der Waals surface area (Å²) in [7, 11) is 1.63. The molecule has 0 saturated heterocycles. The van der Waals surface area contributed by atoms with Crippen LogP contribution in [0.2, 0.25) is 5.02 Å². The third kappa shape index (κ3) is 6.26. The molecule has 0 unspecified atom stereocenters. The Balaban J connectivity index is 2.49. The van der Waals surface area contributed by atoms with E-state index in [4.69, 9.17) is 21.1 Å². The van der Waals surface area contributed by atoms with Crippen LogP contribution in [0, 0.1) is 5.92 Å². The predicted octanol–water partition coefficient (Wildman–Crippen LogP) is 2.85. The number of ether oxygens (including phenoxy) is 2. The van der Waals surface area contributed by atoms with E-state index >= 15 is 0 Å². The van der Waals surface area contributed by atoms with Crippen LogP contribution in [-0.4, -0.2) is 44.2 Å². The molecular formula is C15H22ClNO3. The highest BCUT2D eigenvalue weighted by molar-refractivity contribution is 6.30. The molecule has 0 aliphatic carbocycles. The van der Waals surface area contributed by atoms with Crippen molar-refractivity contribution < 1.29 is 14.3 Å². The Hall–Kier alpha value is -1.26. The fourth-order valence-electron chi connectivity index (χ4n) is 1.73. The first-order valence-electron chi connectivity index (χ1n) is 6.68. The molecule has 1 aromatic rings. The van der Waals surface area contributed by atoms with Crippen LogP contribution in [0.3, 0.4) is 0 Å². The van der Waals surface area contributed by atoms with Crippen molar-refractivity contribution in [3.8, 4) is 5.75 Å². The average molecular weight is 300 g/mol. The van der Waals surface area contributed by atoms with Crippen molar-refractivity contribution in [3.05, 3.63) is 29.3 Å². The number of hydrogen-bond acceptors (Lipinski definition) is 3. The topological polar surface area (TPSA) is 38.8 Å². The van der Waals surface area contributed by atoms with Crippen molar-refractivity contribution in [2.24, 2.45) is 5.92 Å². The summed E-state index contributed by atoms with van der Waals surface area (Å²) < 4.78 is 10.5. The second-order valence-electron chi connectivity index (χ2n) is 4.97. The minimum absolute atomic E-state index is 0.0259. The minimum atomic E-state index is -0.0364. The largest absolute Gasteiger partial charge is 0.484 e. The molecule has 1 rings (SSSR count). The highest BCUT2D eigenvalue weighted by atomic mass is 35.5. The first-order valence-corrected chi connectivity index (χ1v) is 7.05. The predicted molar refractivity (Wildman–Crippen MR) is 80.2 cm³/mol. The minimum Gasteiger partial charge on any atom is -0.484 e. The van der Waals surface area contributed by atoms with E-state index in [9.17, 15) is 4.79 Å². The maximum atomic E-state index is 12.1. The Bertz CT molecular complexity index is 406. The molecular weight excluding hydrogens is 278 g/mol. The second kappa shape index (κ2) is 8.82. The molecule has 0 aliphatic heterocycles. The molecule has 0 bridgehead atoms. The van der Waals surface area contributed by atoms with Crippen LogP contribution >= 0.6 is 11.6 Å². The van der Waals surface area contributed by atoms with Crippen molar-refractivity contribution >= 4 is 17.5 Å². The molecule has 0 saturated carbocycles. The molecule has 0 heterocycles. The fourth-order valence-corrected chi connectivity index (χ4v) is 1.85. The van der Waals surface area contributed by atoms with E-state index < -0.39 is 0 Å². The number of hydrogen-bond donors (Lipinski definition) is 0. The first-order chi connectivity index (χ1) is 9.52. The standard InChI is InChI=1S/C15H22ClNO3/c1-12(2)10-17(8-9-19-3)15(18)11-20-14-6-4-13(16)5-7-14/h4-7,12H,8-11H2,1-3H3. The van der Waals surface area contributed by atoms with E-state index in [1.54, 1.807) is 36.3 Å². The van der Waals surface area contributed by atoms with E-state index in [1.165, 1.54) is 0 Å². The molecule has 112 valence electrons. The van der Waals surface area contributed by atoms with E-state index in [0.29, 0.717) is 36.4 Å². The van der Waals surface area contributed by atoms with Crippen molar-refractivity contribution in [2.75, 3.05) is 33.4 Å². The van der Waals surface area contributed by atoms with Crippen molar-refractivity contribution in [1.29, 1.82) is 0 Å². The van der Waals surface area contributed by atoms with Crippen LogP contribution in [0.15, 0.2) is 24.3 Å². The molecule has 1 aromatic carbocycles. The number of nitrogens with zero attached hydrogens (tertiary/aromatic N) is 1. The van der Waals surface area contributed by atoms with Crippen molar-refractivity contribution in [3.63, 3.8) is 0 Å². The highest BCUT2D eigenvalue weighted by Gasteiger charge is 2.15. The number of rotatable bonds is 8. The van der Waals surface area contributed by atoms with Crippen LogP contribution in [0.1, 0.15) is 13.8 Å². The molecule has 0 radical (unpaired) electrons. The van der Waals surface area contributed by atoms with Gasteiger partial charge in [0.15, 0.2) is 6.61 Å². The molecule has 1 amide bonds. The second-order valence-corrected chi connectivity index (χ2v) is 5.41. The van der Waals surface area contributed by atoms with Gasteiger partial charge >= 0.3 is 0 Å². The third-order valence-corrected chi connectivity index (χ3v) is 2.93. The van der Waals surface area contributed by atoms with Gasteiger partial charge in [0.2, 0.25) is 0 Å². The Labute approximate surface area is 125 Å². The smallest absolute Gasteiger partial charge is 0.260 e. The van der Waals surface area contributed by atoms with Gasteiger partial charge in [0.05, 0.1) is 6.61 Å². The van der Waals surface area contributed by atoms with Gasteiger partial charge in [0.1, 0.15) is 5.75 Å². The molecule has 5 heteroatoms. The van der Waals surface area contributed by atoms with Gasteiger partial charge < -0.3 is 14.4 Å². The van der Waals surface area contributed by atoms with Gasteiger partial charge in [0.25, 0.3) is 5.91 Å². The summed E-state index contributed by atoms with van der Waals surface area (Å²) in [4.78, 5) is 13.9. The summed E-state index contributed by atoms with van der Waals surface area (Å²) in [5.74, 6) is 1.01. The summed E-state index contributed by atoms with van der Waals surface area (Å²) in [6, 6.07) is 6.96. The molecule has 0 fully saturated rings. The lowest BCUT2D eigenvalue weighted by Gasteiger charge is -2.24. The van der Waals surface area contributed by atoms with Gasteiger partial charge in [-0.2, -0.15) is 0 Å². The fraction of sp³-hybridized carbons (Fsp3) is 0.533. The number of carbonyl (C=O) groups is 1. The van der Waals surface area contributed by atoms with E-state index in [0.717, 1.165) is 0 Å². The van der Waals surface area contributed by atoms with E-state index in [1.807, 2.05) is 0 Å². The Morgan fingerprint density at radius 2 is 1.95 bits per heavy atom. The quantitative estimate of drug-likeness (QED) is 0.741. The van der Waals surface area contributed by atoms with Crippen LogP contribution in [-0.2, 0) is 9.53 Å². The SMILES string of the molecule is COCCN(CC(C)C)C(=O)COc1ccc(Cl)cc1. The van der Waals surface area contributed by atoms with Crippen LogP contribution in [0.4, 0.5) is 0 Å². The maximum Gasteiger partial charge on any atom is 0.260 e. The summed E-state index contributed by atoms with van der Waals surface area (Å²) in [6.45, 7) is 5.99. The van der Waals surface area contributed by atoms with Gasteiger partial charge in [-0.05, 0) is 30.2 Å². The lowest BCUT2D eigenvalue weighted by atomic mass is 10.2. The normalized spacial score (nSPS) is 10.7. The summed E-state index contributed by atoms with van der Waals surface area (Å²) >= 11 is 5.79. The lowest BCUT2D eigenvalue weighted by molar-refractivity contribution is -0.134. The first kappa shape index (κ1) is 16.8. The van der Waals surface area contributed by atoms with E-state index in [2.05, 4.69) is 13.8 Å². The van der Waals surface area contributed by atoms with Gasteiger partial charge in [-0.15, -0.1) is 0 Å². The zero-order valence-electron chi connectivity index (χ0n) is 12.3. The zero-order chi connectivity index (χ0) is 15.0. The van der Waals surface area contributed by atoms with Crippen molar-refractivity contribution in [1.82, 2.24) is 4.90 Å². The number of carbonyl (C=O) groups excluding carboxylic acids is 1. The molecule has 4 nitrogen and oxygen atoms in total. The zero-order valence-corrected chi connectivity index (χ0v) is 13.0. The monoisotopic (exact) mass is 299 g/mol. The van der Waals surface area contributed by atoms with Crippen LogP contribution in [0.5, 0.6) is 5.75 Å². The Morgan fingerprint density at radius 1 is 1.30 bits per heavy atom. The van der Waals surface area contributed by atoms with Gasteiger partial charge in [0, 0.05) is 25.2 Å². The van der Waals surface area contributed by atoms with Crippen molar-refractivity contribution in [2.45, 2.75) is 13.8 Å². The molecule has 0 aromatic heterocycles. The maximum absolute atomic E-state index is 12.1. The number of benzene rings is 1. The highest BCUT2D eigenvalue weighted by Crippen LogP contribution is 2.15. The molecule has 0 N–H and O–H groups in total. The average Bonchev–Trinajstić information content (AvgIpc) is 2.42. The van der Waals surface area contributed by atoms with E-state index in [-0.39, 0.29) is 12.5 Å². The number of amides is 1. The molecule has 0 aliphatic rings. The van der Waals surface area contributed by atoms with Crippen LogP contribution < -0.4 is 4.74 Å². The molecule has 0 atom stereocenters. The van der Waals surface area contributed by atoms with Gasteiger partial charge in [-0.25, -0.2) is 0 Å². The summed E-state index contributed by atoms with van der Waals surface area (Å²) in [6.07, 6.45) is 0. The third-order valence-electron chi connectivity index (χ3n) is 2.68. The van der Waals surface area contributed by atoms with Gasteiger partial charge in [-0.3, -0.25) is 4.79 Å². The molecule has 0 spiro atoms.